The summed E-state index contributed by atoms with van der Waals surface area (Å²) < 4.78 is 5.06. The summed E-state index contributed by atoms with van der Waals surface area (Å²) >= 11 is 1.75. The van der Waals surface area contributed by atoms with Gasteiger partial charge >= 0.3 is 0 Å². The Morgan fingerprint density at radius 1 is 1.36 bits per heavy atom. The van der Waals surface area contributed by atoms with E-state index in [0.717, 1.165) is 17.9 Å². The number of hydrogen-bond acceptors (Lipinski definition) is 3. The highest BCUT2D eigenvalue weighted by Gasteiger charge is 1.98. The minimum absolute atomic E-state index is 0.208. The second-order valence-electron chi connectivity index (χ2n) is 3.16. The van der Waals surface area contributed by atoms with Crippen LogP contribution in [0.3, 0.4) is 0 Å². The highest BCUT2D eigenvalue weighted by molar-refractivity contribution is 7.99. The zero-order valence-electron chi connectivity index (χ0n) is 8.56. The zero-order valence-corrected chi connectivity index (χ0v) is 9.38. The summed E-state index contributed by atoms with van der Waals surface area (Å²) in [6, 6.07) is 7.96. The van der Waals surface area contributed by atoms with Crippen LogP contribution in [0.4, 0.5) is 0 Å². The Kier molecular flexibility index (Phi) is 4.84. The van der Waals surface area contributed by atoms with E-state index >= 15 is 0 Å². The van der Waals surface area contributed by atoms with Gasteiger partial charge in [0.2, 0.25) is 0 Å². The number of ether oxygens (including phenoxy) is 1. The van der Waals surface area contributed by atoms with E-state index in [2.05, 4.69) is 0 Å². The molecule has 0 saturated heterocycles. The molecule has 0 radical (unpaired) electrons. The van der Waals surface area contributed by atoms with Gasteiger partial charge in [0.25, 0.3) is 0 Å². The largest absolute Gasteiger partial charge is 0.497 e. The van der Waals surface area contributed by atoms with Gasteiger partial charge in [-0.3, -0.25) is 0 Å². The van der Waals surface area contributed by atoms with Crippen LogP contribution in [0.5, 0.6) is 5.75 Å². The van der Waals surface area contributed by atoms with Crippen LogP contribution in [0, 0.1) is 0 Å². The van der Waals surface area contributed by atoms with Gasteiger partial charge in [-0.2, -0.15) is 0 Å². The molecule has 78 valence electrons. The molecule has 0 fully saturated rings. The van der Waals surface area contributed by atoms with Crippen molar-refractivity contribution in [1.29, 1.82) is 0 Å². The second kappa shape index (κ2) is 5.94. The van der Waals surface area contributed by atoms with Gasteiger partial charge in [0, 0.05) is 10.6 Å². The Balaban J connectivity index is 2.36. The lowest BCUT2D eigenvalue weighted by Crippen LogP contribution is -2.00. The van der Waals surface area contributed by atoms with Gasteiger partial charge in [0.15, 0.2) is 0 Å². The number of thioether (sulfide) groups is 1. The van der Waals surface area contributed by atoms with E-state index < -0.39 is 0 Å². The first-order valence-electron chi connectivity index (χ1n) is 4.67. The topological polar surface area (TPSA) is 29.5 Å². The maximum Gasteiger partial charge on any atom is 0.118 e. The van der Waals surface area contributed by atoms with Crippen molar-refractivity contribution >= 4 is 11.8 Å². The molecular formula is C11H16O2S. The Hall–Kier alpha value is -0.670. The molecule has 0 spiro atoms. The summed E-state index contributed by atoms with van der Waals surface area (Å²) in [5, 5.41) is 9.08. The van der Waals surface area contributed by atoms with Crippen molar-refractivity contribution in [2.45, 2.75) is 24.3 Å². The van der Waals surface area contributed by atoms with Crippen molar-refractivity contribution in [3.63, 3.8) is 0 Å². The summed E-state index contributed by atoms with van der Waals surface area (Å²) in [6.45, 7) is 1.81. The molecule has 0 aromatic heterocycles. The average molecular weight is 212 g/mol. The SMILES string of the molecule is COc1ccc(SCCC(C)O)cc1. The fraction of sp³-hybridized carbons (Fsp3) is 0.455. The number of benzene rings is 1. The summed E-state index contributed by atoms with van der Waals surface area (Å²) in [7, 11) is 1.66. The Morgan fingerprint density at radius 2 is 2.00 bits per heavy atom. The average Bonchev–Trinajstić information content (AvgIpc) is 2.18. The Labute approximate surface area is 89.3 Å². The zero-order chi connectivity index (χ0) is 10.4. The molecule has 0 aliphatic rings. The first kappa shape index (κ1) is 11.4. The molecule has 1 aromatic rings. The van der Waals surface area contributed by atoms with Crippen LogP contribution in [0.2, 0.25) is 0 Å². The van der Waals surface area contributed by atoms with Crippen LogP contribution >= 0.6 is 11.8 Å². The van der Waals surface area contributed by atoms with E-state index in [1.165, 1.54) is 4.90 Å². The predicted octanol–water partition coefficient (Wildman–Crippen LogP) is 2.56. The second-order valence-corrected chi connectivity index (χ2v) is 4.33. The lowest BCUT2D eigenvalue weighted by Gasteiger charge is -2.04. The highest BCUT2D eigenvalue weighted by Crippen LogP contribution is 2.22. The fourth-order valence-corrected chi connectivity index (χ4v) is 2.04. The van der Waals surface area contributed by atoms with E-state index in [-0.39, 0.29) is 6.10 Å². The van der Waals surface area contributed by atoms with Gasteiger partial charge in [-0.15, -0.1) is 11.8 Å². The van der Waals surface area contributed by atoms with Crippen LogP contribution in [-0.2, 0) is 0 Å². The van der Waals surface area contributed by atoms with E-state index in [0.29, 0.717) is 0 Å². The third kappa shape index (κ3) is 4.03. The molecule has 1 N–H and O–H groups in total. The summed E-state index contributed by atoms with van der Waals surface area (Å²) in [4.78, 5) is 1.21. The quantitative estimate of drug-likeness (QED) is 0.761. The first-order chi connectivity index (χ1) is 6.72. The van der Waals surface area contributed by atoms with Crippen molar-refractivity contribution in [2.24, 2.45) is 0 Å². The predicted molar refractivity (Wildman–Crippen MR) is 60.0 cm³/mol. The number of aliphatic hydroxyl groups is 1. The number of rotatable bonds is 5. The minimum Gasteiger partial charge on any atom is -0.497 e. The smallest absolute Gasteiger partial charge is 0.118 e. The van der Waals surface area contributed by atoms with Crippen molar-refractivity contribution < 1.29 is 9.84 Å². The minimum atomic E-state index is -0.208. The molecular weight excluding hydrogens is 196 g/mol. The van der Waals surface area contributed by atoms with Gasteiger partial charge in [-0.25, -0.2) is 0 Å². The van der Waals surface area contributed by atoms with Crippen LogP contribution < -0.4 is 4.74 Å². The van der Waals surface area contributed by atoms with Crippen molar-refractivity contribution in [2.75, 3.05) is 12.9 Å². The van der Waals surface area contributed by atoms with E-state index in [1.807, 2.05) is 31.2 Å². The maximum absolute atomic E-state index is 9.08. The van der Waals surface area contributed by atoms with Crippen molar-refractivity contribution in [1.82, 2.24) is 0 Å². The molecule has 0 heterocycles. The summed E-state index contributed by atoms with van der Waals surface area (Å²) in [6.07, 6.45) is 0.622. The molecule has 1 atom stereocenters. The lowest BCUT2D eigenvalue weighted by molar-refractivity contribution is 0.192. The van der Waals surface area contributed by atoms with E-state index in [4.69, 9.17) is 9.84 Å². The van der Waals surface area contributed by atoms with Crippen LogP contribution in [0.15, 0.2) is 29.2 Å². The molecule has 0 amide bonds. The number of hydrogen-bond donors (Lipinski definition) is 1. The third-order valence-electron chi connectivity index (χ3n) is 1.86. The van der Waals surface area contributed by atoms with Crippen LogP contribution in [-0.4, -0.2) is 24.1 Å². The molecule has 1 unspecified atom stereocenters. The van der Waals surface area contributed by atoms with E-state index in [1.54, 1.807) is 18.9 Å². The molecule has 0 aliphatic carbocycles. The normalized spacial score (nSPS) is 12.5. The molecule has 14 heavy (non-hydrogen) atoms. The number of aliphatic hydroxyl groups excluding tert-OH is 1. The molecule has 2 nitrogen and oxygen atoms in total. The first-order valence-corrected chi connectivity index (χ1v) is 5.66. The molecule has 1 aromatic carbocycles. The fourth-order valence-electron chi connectivity index (χ4n) is 1.02. The summed E-state index contributed by atoms with van der Waals surface area (Å²) in [5.41, 5.74) is 0. The van der Waals surface area contributed by atoms with Gasteiger partial charge in [-0.1, -0.05) is 0 Å². The van der Waals surface area contributed by atoms with Gasteiger partial charge in [-0.05, 0) is 37.6 Å². The van der Waals surface area contributed by atoms with Crippen LogP contribution in [0.1, 0.15) is 13.3 Å². The Bertz CT molecular complexity index is 256. The monoisotopic (exact) mass is 212 g/mol. The maximum atomic E-state index is 9.08. The molecule has 1 rings (SSSR count). The lowest BCUT2D eigenvalue weighted by atomic mass is 10.3. The van der Waals surface area contributed by atoms with Crippen molar-refractivity contribution in [3.8, 4) is 5.75 Å². The van der Waals surface area contributed by atoms with Crippen molar-refractivity contribution in [3.05, 3.63) is 24.3 Å². The third-order valence-corrected chi connectivity index (χ3v) is 2.91. The molecule has 3 heteroatoms. The van der Waals surface area contributed by atoms with Gasteiger partial charge in [0.1, 0.15) is 5.75 Å². The molecule has 0 bridgehead atoms. The Morgan fingerprint density at radius 3 is 2.50 bits per heavy atom. The standard InChI is InChI=1S/C11H16O2S/c1-9(12)7-8-14-11-5-3-10(13-2)4-6-11/h3-6,9,12H,7-8H2,1-2H3. The summed E-state index contributed by atoms with van der Waals surface area (Å²) in [5.74, 6) is 1.83. The number of methoxy groups -OCH3 is 1. The van der Waals surface area contributed by atoms with E-state index in [9.17, 15) is 0 Å². The van der Waals surface area contributed by atoms with Gasteiger partial charge in [0.05, 0.1) is 13.2 Å². The van der Waals surface area contributed by atoms with Gasteiger partial charge < -0.3 is 9.84 Å². The van der Waals surface area contributed by atoms with Crippen LogP contribution in [0.25, 0.3) is 0 Å². The molecule has 0 aliphatic heterocycles. The highest BCUT2D eigenvalue weighted by atomic mass is 32.2. The molecule has 0 saturated carbocycles.